The Morgan fingerprint density at radius 1 is 1.28 bits per heavy atom. The van der Waals surface area contributed by atoms with Crippen molar-refractivity contribution in [2.24, 2.45) is 5.92 Å². The first-order valence-electron chi connectivity index (χ1n) is 7.42. The summed E-state index contributed by atoms with van der Waals surface area (Å²) in [6.45, 7) is 1.18. The molecule has 2 nitrogen and oxygen atoms in total. The summed E-state index contributed by atoms with van der Waals surface area (Å²) in [7, 11) is 0. The van der Waals surface area contributed by atoms with E-state index >= 15 is 0 Å². The van der Waals surface area contributed by atoms with Crippen LogP contribution in [0.1, 0.15) is 36.8 Å². The quantitative estimate of drug-likeness (QED) is 0.753. The van der Waals surface area contributed by atoms with E-state index in [4.69, 9.17) is 4.74 Å². The van der Waals surface area contributed by atoms with Gasteiger partial charge in [-0.05, 0) is 56.2 Å². The van der Waals surface area contributed by atoms with Crippen LogP contribution in [0.5, 0.6) is 5.75 Å². The van der Waals surface area contributed by atoms with Crippen LogP contribution in [0.3, 0.4) is 0 Å². The van der Waals surface area contributed by atoms with Crippen molar-refractivity contribution in [1.29, 1.82) is 0 Å². The Labute approximate surface area is 108 Å². The van der Waals surface area contributed by atoms with E-state index < -0.39 is 0 Å². The van der Waals surface area contributed by atoms with Gasteiger partial charge < -0.3 is 10.1 Å². The van der Waals surface area contributed by atoms with Gasteiger partial charge >= 0.3 is 0 Å². The summed E-state index contributed by atoms with van der Waals surface area (Å²) in [6, 6.07) is 7.41. The van der Waals surface area contributed by atoms with Crippen LogP contribution in [0, 0.1) is 5.92 Å². The molecule has 2 heteroatoms. The molecule has 1 saturated heterocycles. The summed E-state index contributed by atoms with van der Waals surface area (Å²) in [4.78, 5) is 0. The van der Waals surface area contributed by atoms with Crippen LogP contribution in [0.15, 0.2) is 18.2 Å². The standard InChI is InChI=1S/C16H19NO/c1-3-10-9-12-11-4-2-6-14-16(11,7-8-17-12)15(10)13(5-1)18-14/h1,3,5,11-12,14,17H,2,4,6-9H2. The Hall–Kier alpha value is -1.02. The molecule has 2 aliphatic heterocycles. The lowest BCUT2D eigenvalue weighted by Crippen LogP contribution is -2.63. The van der Waals surface area contributed by atoms with Crippen molar-refractivity contribution in [3.05, 3.63) is 29.3 Å². The van der Waals surface area contributed by atoms with Crippen LogP contribution >= 0.6 is 0 Å². The predicted octanol–water partition coefficient (Wildman–Crippen LogP) is 2.40. The van der Waals surface area contributed by atoms with Gasteiger partial charge in [0.1, 0.15) is 11.9 Å². The average molecular weight is 241 g/mol. The van der Waals surface area contributed by atoms with Gasteiger partial charge in [-0.15, -0.1) is 0 Å². The minimum Gasteiger partial charge on any atom is -0.489 e. The van der Waals surface area contributed by atoms with E-state index in [-0.39, 0.29) is 0 Å². The molecular weight excluding hydrogens is 222 g/mol. The van der Waals surface area contributed by atoms with Gasteiger partial charge in [-0.1, -0.05) is 12.1 Å². The zero-order valence-corrected chi connectivity index (χ0v) is 10.6. The lowest BCUT2D eigenvalue weighted by atomic mass is 9.52. The van der Waals surface area contributed by atoms with Crippen molar-refractivity contribution >= 4 is 0 Å². The Morgan fingerprint density at radius 3 is 3.28 bits per heavy atom. The smallest absolute Gasteiger partial charge is 0.123 e. The number of ether oxygens (including phenoxy) is 1. The van der Waals surface area contributed by atoms with E-state index in [0.29, 0.717) is 17.6 Å². The third kappa shape index (κ3) is 0.934. The molecule has 0 radical (unpaired) electrons. The van der Waals surface area contributed by atoms with Crippen LogP contribution in [0.25, 0.3) is 0 Å². The van der Waals surface area contributed by atoms with Crippen LogP contribution in [0.2, 0.25) is 0 Å². The van der Waals surface area contributed by atoms with Crippen LogP contribution in [0.4, 0.5) is 0 Å². The fourth-order valence-corrected chi connectivity index (χ4v) is 5.40. The molecule has 0 aromatic heterocycles. The third-order valence-corrected chi connectivity index (χ3v) is 5.94. The molecule has 1 saturated carbocycles. The number of piperidine rings is 1. The zero-order valence-electron chi connectivity index (χ0n) is 10.6. The van der Waals surface area contributed by atoms with Gasteiger partial charge in [0.05, 0.1) is 0 Å². The normalized spacial score (nSPS) is 43.2. The average Bonchev–Trinajstić information content (AvgIpc) is 2.70. The highest BCUT2D eigenvalue weighted by atomic mass is 16.5. The maximum absolute atomic E-state index is 6.35. The molecule has 18 heavy (non-hydrogen) atoms. The first-order chi connectivity index (χ1) is 8.89. The highest BCUT2D eigenvalue weighted by molar-refractivity contribution is 5.54. The molecule has 4 aliphatic rings. The molecule has 2 bridgehead atoms. The fraction of sp³-hybridized carbons (Fsp3) is 0.625. The van der Waals surface area contributed by atoms with Crippen molar-refractivity contribution in [2.75, 3.05) is 6.54 Å². The molecule has 1 aromatic rings. The van der Waals surface area contributed by atoms with Gasteiger partial charge in [-0.3, -0.25) is 0 Å². The van der Waals surface area contributed by atoms with Gasteiger partial charge in [0.2, 0.25) is 0 Å². The van der Waals surface area contributed by atoms with Crippen molar-refractivity contribution < 1.29 is 4.74 Å². The summed E-state index contributed by atoms with van der Waals surface area (Å²) in [5, 5.41) is 3.77. The molecule has 5 rings (SSSR count). The van der Waals surface area contributed by atoms with Gasteiger partial charge in [0, 0.05) is 17.0 Å². The monoisotopic (exact) mass is 241 g/mol. The maximum Gasteiger partial charge on any atom is 0.123 e. The number of hydrogen-bond donors (Lipinski definition) is 1. The molecule has 1 spiro atoms. The second-order valence-electron chi connectivity index (χ2n) is 6.49. The summed E-state index contributed by atoms with van der Waals surface area (Å²) >= 11 is 0. The third-order valence-electron chi connectivity index (χ3n) is 5.94. The Morgan fingerprint density at radius 2 is 2.28 bits per heavy atom. The number of benzene rings is 1. The van der Waals surface area contributed by atoms with Crippen molar-refractivity contribution in [3.8, 4) is 5.75 Å². The molecule has 2 aliphatic carbocycles. The second-order valence-corrected chi connectivity index (χ2v) is 6.49. The van der Waals surface area contributed by atoms with E-state index in [1.165, 1.54) is 44.4 Å². The topological polar surface area (TPSA) is 21.3 Å². The van der Waals surface area contributed by atoms with E-state index in [1.54, 1.807) is 11.1 Å². The van der Waals surface area contributed by atoms with E-state index in [9.17, 15) is 0 Å². The predicted molar refractivity (Wildman–Crippen MR) is 70.0 cm³/mol. The SMILES string of the molecule is c1cc2c3c(c1)OC1CCCC4C(C2)NCCC314. The zero-order chi connectivity index (χ0) is 11.7. The molecule has 1 N–H and O–H groups in total. The molecule has 4 unspecified atom stereocenters. The minimum absolute atomic E-state index is 0.373. The first kappa shape index (κ1) is 9.85. The highest BCUT2D eigenvalue weighted by Crippen LogP contribution is 2.60. The Balaban J connectivity index is 1.83. The lowest BCUT2D eigenvalue weighted by molar-refractivity contribution is 0.00338. The van der Waals surface area contributed by atoms with Gasteiger partial charge in [0.25, 0.3) is 0 Å². The summed E-state index contributed by atoms with van der Waals surface area (Å²) in [5.41, 5.74) is 3.54. The molecule has 2 heterocycles. The van der Waals surface area contributed by atoms with Crippen LogP contribution < -0.4 is 10.1 Å². The van der Waals surface area contributed by atoms with Gasteiger partial charge in [-0.2, -0.15) is 0 Å². The second kappa shape index (κ2) is 3.11. The maximum atomic E-state index is 6.35. The van der Waals surface area contributed by atoms with Crippen molar-refractivity contribution in [1.82, 2.24) is 5.32 Å². The molecule has 94 valence electrons. The fourth-order valence-electron chi connectivity index (χ4n) is 5.40. The Kier molecular flexibility index (Phi) is 1.70. The van der Waals surface area contributed by atoms with Gasteiger partial charge in [-0.25, -0.2) is 0 Å². The summed E-state index contributed by atoms with van der Waals surface area (Å²) < 4.78 is 6.35. The minimum atomic E-state index is 0.373. The molecule has 0 amide bonds. The lowest BCUT2D eigenvalue weighted by Gasteiger charge is -2.55. The number of rotatable bonds is 0. The first-order valence-corrected chi connectivity index (χ1v) is 7.42. The van der Waals surface area contributed by atoms with Gasteiger partial charge in [0.15, 0.2) is 0 Å². The van der Waals surface area contributed by atoms with Crippen LogP contribution in [-0.2, 0) is 11.8 Å². The number of hydrogen-bond acceptors (Lipinski definition) is 2. The van der Waals surface area contributed by atoms with E-state index in [1.807, 2.05) is 0 Å². The Bertz CT molecular complexity index is 526. The van der Waals surface area contributed by atoms with E-state index in [2.05, 4.69) is 23.5 Å². The van der Waals surface area contributed by atoms with E-state index in [0.717, 1.165) is 5.92 Å². The molecule has 4 atom stereocenters. The summed E-state index contributed by atoms with van der Waals surface area (Å²) in [6.07, 6.45) is 6.97. The van der Waals surface area contributed by atoms with Crippen LogP contribution in [-0.4, -0.2) is 18.7 Å². The molecular formula is C16H19NO. The van der Waals surface area contributed by atoms with Crippen molar-refractivity contribution in [3.63, 3.8) is 0 Å². The largest absolute Gasteiger partial charge is 0.489 e. The molecule has 1 aromatic carbocycles. The van der Waals surface area contributed by atoms with Crippen molar-refractivity contribution in [2.45, 2.75) is 49.7 Å². The highest BCUT2D eigenvalue weighted by Gasteiger charge is 2.61. The summed E-state index contributed by atoms with van der Waals surface area (Å²) in [5.74, 6) is 2.03. The molecule has 2 fully saturated rings. The number of nitrogens with one attached hydrogen (secondary N) is 1.